The Balaban J connectivity index is 1.19. The lowest BCUT2D eigenvalue weighted by molar-refractivity contribution is -0.147. The Hall–Kier alpha value is -4.25. The lowest BCUT2D eigenvalue weighted by Crippen LogP contribution is -2.43. The first-order valence-corrected chi connectivity index (χ1v) is 19.7. The summed E-state index contributed by atoms with van der Waals surface area (Å²) < 4.78 is 48.1. The molecule has 0 bridgehead atoms. The van der Waals surface area contributed by atoms with Gasteiger partial charge in [0.2, 0.25) is 10.0 Å². The van der Waals surface area contributed by atoms with Crippen molar-refractivity contribution in [3.63, 3.8) is 0 Å². The molecule has 0 saturated heterocycles. The molecule has 4 atom stereocenters. The monoisotopic (exact) mass is 744 g/mol. The molecule has 1 N–H and O–H groups in total. The number of hydrogen-bond donors (Lipinski definition) is 1. The first kappa shape index (κ1) is 36.1. The van der Waals surface area contributed by atoms with Crippen LogP contribution in [0.5, 0.6) is 17.2 Å². The van der Waals surface area contributed by atoms with Gasteiger partial charge in [-0.15, -0.1) is 0 Å². The van der Waals surface area contributed by atoms with E-state index >= 15 is 0 Å². The number of methoxy groups -OCH3 is 2. The number of fused-ring (bicyclic) bond motifs is 2. The topological polar surface area (TPSA) is 106 Å². The fourth-order valence-corrected chi connectivity index (χ4v) is 9.40. The van der Waals surface area contributed by atoms with Gasteiger partial charge in [-0.05, 0) is 116 Å². The summed E-state index contributed by atoms with van der Waals surface area (Å²) in [5.74, 6) is 0.823. The van der Waals surface area contributed by atoms with Crippen molar-refractivity contribution >= 4 is 33.3 Å². The molecule has 11 heteroatoms. The molecule has 7 rings (SSSR count). The van der Waals surface area contributed by atoms with E-state index in [1.54, 1.807) is 32.4 Å². The van der Waals surface area contributed by atoms with Crippen LogP contribution in [0.15, 0.2) is 95.9 Å². The maximum atomic E-state index is 14.7. The van der Waals surface area contributed by atoms with Crippen molar-refractivity contribution in [1.82, 2.24) is 4.31 Å². The van der Waals surface area contributed by atoms with E-state index < -0.39 is 21.9 Å². The lowest BCUT2D eigenvalue weighted by Gasteiger charge is -2.39. The normalized spacial score (nSPS) is 22.0. The first-order chi connectivity index (χ1) is 25.1. The summed E-state index contributed by atoms with van der Waals surface area (Å²) in [7, 11) is -0.830. The van der Waals surface area contributed by atoms with Crippen LogP contribution >= 0.6 is 11.6 Å². The van der Waals surface area contributed by atoms with Gasteiger partial charge >= 0.3 is 5.97 Å². The number of carboxylic acid groups (broad SMARTS) is 1. The van der Waals surface area contributed by atoms with Gasteiger partial charge in [0, 0.05) is 36.6 Å². The van der Waals surface area contributed by atoms with Gasteiger partial charge in [0.05, 0.1) is 30.7 Å². The molecule has 0 aromatic heterocycles. The van der Waals surface area contributed by atoms with Crippen LogP contribution in [0.4, 0.5) is 5.69 Å². The minimum absolute atomic E-state index is 0.0105. The summed E-state index contributed by atoms with van der Waals surface area (Å²) in [4.78, 5) is 14.4. The van der Waals surface area contributed by atoms with E-state index in [4.69, 9.17) is 25.8 Å². The lowest BCUT2D eigenvalue weighted by atomic mass is 9.73. The number of sulfonamides is 1. The Morgan fingerprint density at radius 3 is 2.17 bits per heavy atom. The average molecular weight is 745 g/mol. The van der Waals surface area contributed by atoms with E-state index in [1.165, 1.54) is 9.87 Å². The van der Waals surface area contributed by atoms with Gasteiger partial charge in [-0.2, -0.15) is 4.31 Å². The summed E-state index contributed by atoms with van der Waals surface area (Å²) in [6, 6.07) is 27.9. The van der Waals surface area contributed by atoms with E-state index in [0.717, 1.165) is 48.3 Å². The smallest absolute Gasteiger partial charge is 0.306 e. The molecule has 0 radical (unpaired) electrons. The van der Waals surface area contributed by atoms with Crippen molar-refractivity contribution in [3.05, 3.63) is 113 Å². The number of aliphatic carboxylic acids is 1. The predicted molar refractivity (Wildman–Crippen MR) is 201 cm³/mol. The second-order valence-electron chi connectivity index (χ2n) is 14.4. The third-order valence-electron chi connectivity index (χ3n) is 11.1. The molecular weight excluding hydrogens is 700 g/mol. The van der Waals surface area contributed by atoms with Crippen molar-refractivity contribution in [2.45, 2.75) is 62.6 Å². The maximum Gasteiger partial charge on any atom is 0.306 e. The summed E-state index contributed by atoms with van der Waals surface area (Å²) in [6.07, 6.45) is 5.18. The molecule has 3 aliphatic rings. The highest BCUT2D eigenvalue weighted by atomic mass is 35.5. The number of anilines is 1. The molecule has 1 heterocycles. The van der Waals surface area contributed by atoms with Crippen molar-refractivity contribution < 1.29 is 32.5 Å². The molecule has 1 unspecified atom stereocenters. The highest BCUT2D eigenvalue weighted by molar-refractivity contribution is 7.89. The Kier molecular flexibility index (Phi) is 10.4. The summed E-state index contributed by atoms with van der Waals surface area (Å²) in [5, 5.41) is 10.6. The molecule has 0 spiro atoms. The van der Waals surface area contributed by atoms with Crippen LogP contribution in [-0.4, -0.2) is 57.2 Å². The van der Waals surface area contributed by atoms with Gasteiger partial charge in [-0.1, -0.05) is 48.0 Å². The number of aryl methyl sites for hydroxylation is 1. The van der Waals surface area contributed by atoms with Crippen molar-refractivity contribution in [1.29, 1.82) is 0 Å². The molecule has 1 aliphatic heterocycles. The molecule has 274 valence electrons. The highest BCUT2D eigenvalue weighted by Crippen LogP contribution is 2.57. The predicted octanol–water partition coefficient (Wildman–Crippen LogP) is 7.84. The number of carbonyl (C=O) groups is 1. The van der Waals surface area contributed by atoms with Gasteiger partial charge in [-0.25, -0.2) is 8.42 Å². The van der Waals surface area contributed by atoms with Crippen LogP contribution in [0.3, 0.4) is 0 Å². The SMILES string of the molecule is COc1ccc(CN(Cc2ccc(OC)cc2)S(=O)(=O)c2ccc3c(c2)N(C[C@@H]2CC[C@H]2C(=O)O)C[C@]2(CCCc4cccc(Cl)c4)CC2O3)cc1. The van der Waals surface area contributed by atoms with Crippen LogP contribution < -0.4 is 19.1 Å². The van der Waals surface area contributed by atoms with E-state index in [0.29, 0.717) is 42.4 Å². The van der Waals surface area contributed by atoms with Gasteiger partial charge in [-0.3, -0.25) is 4.79 Å². The number of benzene rings is 4. The molecule has 4 aromatic rings. The molecule has 2 aliphatic carbocycles. The fraction of sp³-hybridized carbons (Fsp3) is 0.390. The molecule has 4 aromatic carbocycles. The van der Waals surface area contributed by atoms with Crippen LogP contribution in [0.1, 0.15) is 48.8 Å². The number of nitrogens with zero attached hydrogens (tertiary/aromatic N) is 2. The minimum atomic E-state index is -4.02. The van der Waals surface area contributed by atoms with Gasteiger partial charge in [0.25, 0.3) is 0 Å². The molecule has 2 saturated carbocycles. The molecule has 2 fully saturated rings. The fourth-order valence-electron chi connectivity index (χ4n) is 7.75. The van der Waals surface area contributed by atoms with Crippen LogP contribution in [0.2, 0.25) is 5.02 Å². The van der Waals surface area contributed by atoms with Crippen molar-refractivity contribution in [2.24, 2.45) is 17.3 Å². The Labute approximate surface area is 311 Å². The second kappa shape index (κ2) is 15.0. The zero-order chi connectivity index (χ0) is 36.5. The Morgan fingerprint density at radius 1 is 0.923 bits per heavy atom. The van der Waals surface area contributed by atoms with Gasteiger partial charge < -0.3 is 24.2 Å². The van der Waals surface area contributed by atoms with E-state index in [2.05, 4.69) is 11.0 Å². The van der Waals surface area contributed by atoms with Crippen LogP contribution in [0, 0.1) is 17.3 Å². The number of ether oxygens (including phenoxy) is 3. The number of carboxylic acids is 1. The number of rotatable bonds is 15. The van der Waals surface area contributed by atoms with Crippen molar-refractivity contribution in [3.8, 4) is 17.2 Å². The third kappa shape index (κ3) is 7.75. The molecular formula is C41H45ClN2O7S. The second-order valence-corrected chi connectivity index (χ2v) is 16.8. The minimum Gasteiger partial charge on any atom is -0.497 e. The zero-order valence-electron chi connectivity index (χ0n) is 29.5. The Bertz CT molecular complexity index is 1960. The molecule has 52 heavy (non-hydrogen) atoms. The number of hydrogen-bond acceptors (Lipinski definition) is 7. The highest BCUT2D eigenvalue weighted by Gasteiger charge is 2.58. The van der Waals surface area contributed by atoms with Gasteiger partial charge in [0.15, 0.2) is 0 Å². The van der Waals surface area contributed by atoms with Gasteiger partial charge in [0.1, 0.15) is 23.4 Å². The zero-order valence-corrected chi connectivity index (χ0v) is 31.1. The standard InChI is InChI=1S/C41H45ClN2O7S/c1-49-33-13-8-29(9-14-33)24-44(25-30-10-15-34(50-2)16-11-30)52(47,48)35-17-19-38-37(22-35)43(26-31-12-18-36(31)40(45)46)27-41(23-39(41)51-38)20-4-6-28-5-3-7-32(42)21-28/h3,5,7-11,13-17,19,21-22,31,36,39H,4,6,12,18,20,23-27H2,1-2H3,(H,45,46)/t31-,36+,39?,41-/m0/s1. The third-order valence-corrected chi connectivity index (χ3v) is 13.1. The Morgan fingerprint density at radius 2 is 1.60 bits per heavy atom. The van der Waals surface area contributed by atoms with E-state index in [9.17, 15) is 18.3 Å². The summed E-state index contributed by atoms with van der Waals surface area (Å²) >= 11 is 6.25. The summed E-state index contributed by atoms with van der Waals surface area (Å²) in [5.41, 5.74) is 3.43. The van der Waals surface area contributed by atoms with Crippen LogP contribution in [-0.2, 0) is 34.3 Å². The molecule has 9 nitrogen and oxygen atoms in total. The number of halogens is 1. The first-order valence-electron chi connectivity index (χ1n) is 17.9. The van der Waals surface area contributed by atoms with E-state index in [1.807, 2.05) is 66.7 Å². The van der Waals surface area contributed by atoms with Crippen LogP contribution in [0.25, 0.3) is 0 Å². The quantitative estimate of drug-likeness (QED) is 0.131. The average Bonchev–Trinajstić information content (AvgIpc) is 3.82. The maximum absolute atomic E-state index is 14.7. The van der Waals surface area contributed by atoms with E-state index in [-0.39, 0.29) is 35.4 Å². The molecule has 0 amide bonds. The van der Waals surface area contributed by atoms with Crippen molar-refractivity contribution in [2.75, 3.05) is 32.2 Å². The summed E-state index contributed by atoms with van der Waals surface area (Å²) in [6.45, 7) is 1.50. The largest absolute Gasteiger partial charge is 0.497 e.